The molecule has 0 aliphatic rings. The average molecular weight is 471 g/mol. The number of hydrogen-bond acceptors (Lipinski definition) is 8. The van der Waals surface area contributed by atoms with Crippen LogP contribution in [-0.4, -0.2) is 37.6 Å². The van der Waals surface area contributed by atoms with Crippen molar-refractivity contribution < 1.29 is 28.7 Å². The molecule has 0 bridgehead atoms. The summed E-state index contributed by atoms with van der Waals surface area (Å²) in [6.45, 7) is 3.38. The van der Waals surface area contributed by atoms with Gasteiger partial charge >= 0.3 is 5.97 Å². The Morgan fingerprint density at radius 2 is 1.82 bits per heavy atom. The summed E-state index contributed by atoms with van der Waals surface area (Å²) in [5.41, 5.74) is 0.889. The third kappa shape index (κ3) is 4.96. The van der Waals surface area contributed by atoms with Gasteiger partial charge in [0, 0.05) is 10.4 Å². The molecular weight excluding hydrogens is 448 g/mol. The molecule has 0 radical (unpaired) electrons. The van der Waals surface area contributed by atoms with E-state index in [2.05, 4.69) is 5.32 Å². The number of ether oxygens (including phenoxy) is 3. The van der Waals surface area contributed by atoms with Gasteiger partial charge in [0.25, 0.3) is 11.6 Å². The predicted octanol–water partition coefficient (Wildman–Crippen LogP) is 5.08. The molecule has 1 heterocycles. The summed E-state index contributed by atoms with van der Waals surface area (Å²) in [4.78, 5) is 37.2. The van der Waals surface area contributed by atoms with Crippen molar-refractivity contribution in [2.45, 2.75) is 13.8 Å². The second kappa shape index (κ2) is 10.1. The Morgan fingerprint density at radius 1 is 1.09 bits per heavy atom. The van der Waals surface area contributed by atoms with E-state index in [-0.39, 0.29) is 28.4 Å². The summed E-state index contributed by atoms with van der Waals surface area (Å²) < 4.78 is 15.7. The molecule has 9 nitrogen and oxygen atoms in total. The zero-order valence-corrected chi connectivity index (χ0v) is 19.3. The number of esters is 1. The molecule has 33 heavy (non-hydrogen) atoms. The number of nitrogens with zero attached hydrogens (tertiary/aromatic N) is 1. The molecule has 10 heteroatoms. The fraction of sp³-hybridized carbons (Fsp3) is 0.217. The van der Waals surface area contributed by atoms with Crippen LogP contribution in [0.3, 0.4) is 0 Å². The van der Waals surface area contributed by atoms with Gasteiger partial charge in [0.05, 0.1) is 31.4 Å². The number of methoxy groups -OCH3 is 2. The van der Waals surface area contributed by atoms with Crippen molar-refractivity contribution in [3.63, 3.8) is 0 Å². The van der Waals surface area contributed by atoms with E-state index in [0.29, 0.717) is 21.9 Å². The number of carbonyl (C=O) groups excluding carboxylic acids is 2. The number of amides is 1. The van der Waals surface area contributed by atoms with Gasteiger partial charge in [-0.3, -0.25) is 14.9 Å². The van der Waals surface area contributed by atoms with Crippen molar-refractivity contribution in [3.05, 3.63) is 68.6 Å². The van der Waals surface area contributed by atoms with Crippen molar-refractivity contribution in [3.8, 4) is 21.9 Å². The fourth-order valence-electron chi connectivity index (χ4n) is 3.24. The first-order chi connectivity index (χ1) is 15.8. The highest BCUT2D eigenvalue weighted by molar-refractivity contribution is 7.18. The van der Waals surface area contributed by atoms with Gasteiger partial charge in [0.15, 0.2) is 11.5 Å². The van der Waals surface area contributed by atoms with E-state index >= 15 is 0 Å². The molecule has 3 aromatic rings. The van der Waals surface area contributed by atoms with Crippen molar-refractivity contribution >= 4 is 34.6 Å². The van der Waals surface area contributed by atoms with Crippen molar-refractivity contribution in [1.29, 1.82) is 0 Å². The summed E-state index contributed by atoms with van der Waals surface area (Å²) in [5.74, 6) is -0.262. The Morgan fingerprint density at radius 3 is 2.45 bits per heavy atom. The van der Waals surface area contributed by atoms with E-state index in [0.717, 1.165) is 16.9 Å². The molecule has 0 spiro atoms. The first-order valence-electron chi connectivity index (χ1n) is 9.89. The summed E-state index contributed by atoms with van der Waals surface area (Å²) >= 11 is 1.12. The van der Waals surface area contributed by atoms with Gasteiger partial charge in [0.1, 0.15) is 10.4 Å². The van der Waals surface area contributed by atoms with Gasteiger partial charge < -0.3 is 19.5 Å². The summed E-state index contributed by atoms with van der Waals surface area (Å²) in [5, 5.41) is 14.1. The quantitative estimate of drug-likeness (QED) is 0.277. The van der Waals surface area contributed by atoms with Crippen molar-refractivity contribution in [1.82, 2.24) is 0 Å². The van der Waals surface area contributed by atoms with Crippen LogP contribution in [-0.2, 0) is 4.74 Å². The third-order valence-corrected chi connectivity index (χ3v) is 5.94. The monoisotopic (exact) mass is 470 g/mol. The molecule has 1 aromatic heterocycles. The Labute approximate surface area is 194 Å². The standard InChI is InChI=1S/C23H22N2O7S/c1-5-32-23(27)21-16(24-22(26)15-8-6-7-13(2)20(15)25(28)29)12-19(33-21)14-9-10-17(30-3)18(11-14)31-4/h6-12H,5H2,1-4H3,(H,24,26). The minimum Gasteiger partial charge on any atom is -0.493 e. The SMILES string of the molecule is CCOC(=O)c1sc(-c2ccc(OC)c(OC)c2)cc1NC(=O)c1cccc(C)c1[N+](=O)[O-]. The molecule has 2 aromatic carbocycles. The highest BCUT2D eigenvalue weighted by Gasteiger charge is 2.26. The molecule has 0 saturated heterocycles. The number of anilines is 1. The molecule has 3 rings (SSSR count). The largest absolute Gasteiger partial charge is 0.493 e. The summed E-state index contributed by atoms with van der Waals surface area (Å²) in [6, 6.07) is 11.4. The van der Waals surface area contributed by atoms with Gasteiger partial charge in [0.2, 0.25) is 0 Å². The van der Waals surface area contributed by atoms with Gasteiger partial charge in [-0.25, -0.2) is 4.79 Å². The van der Waals surface area contributed by atoms with Crippen LogP contribution in [0.25, 0.3) is 10.4 Å². The molecular formula is C23H22N2O7S. The number of para-hydroxylation sites is 1. The van der Waals surface area contributed by atoms with Crippen LogP contribution in [0.2, 0.25) is 0 Å². The molecule has 0 aliphatic carbocycles. The van der Waals surface area contributed by atoms with Crippen LogP contribution in [0, 0.1) is 17.0 Å². The molecule has 0 aliphatic heterocycles. The van der Waals surface area contributed by atoms with Gasteiger partial charge in [-0.15, -0.1) is 11.3 Å². The lowest BCUT2D eigenvalue weighted by atomic mass is 10.1. The van der Waals surface area contributed by atoms with E-state index in [1.165, 1.54) is 20.3 Å². The summed E-state index contributed by atoms with van der Waals surface area (Å²) in [7, 11) is 3.04. The Kier molecular flexibility index (Phi) is 7.29. The number of nitro groups is 1. The number of thiophene rings is 1. The summed E-state index contributed by atoms with van der Waals surface area (Å²) in [6.07, 6.45) is 0. The Balaban J connectivity index is 2.04. The second-order valence-corrected chi connectivity index (χ2v) is 7.88. The normalized spacial score (nSPS) is 10.4. The molecule has 0 fully saturated rings. The zero-order valence-electron chi connectivity index (χ0n) is 18.5. The first kappa shape index (κ1) is 23.7. The average Bonchev–Trinajstić information content (AvgIpc) is 3.22. The van der Waals surface area contributed by atoms with Crippen molar-refractivity contribution in [2.24, 2.45) is 0 Å². The van der Waals surface area contributed by atoms with E-state index in [1.54, 1.807) is 50.2 Å². The lowest BCUT2D eigenvalue weighted by molar-refractivity contribution is -0.385. The minimum absolute atomic E-state index is 0.103. The van der Waals surface area contributed by atoms with Crippen LogP contribution in [0.15, 0.2) is 42.5 Å². The maximum absolute atomic E-state index is 13.0. The molecule has 172 valence electrons. The van der Waals surface area contributed by atoms with E-state index in [9.17, 15) is 19.7 Å². The van der Waals surface area contributed by atoms with Gasteiger partial charge in [-0.05, 0) is 49.7 Å². The van der Waals surface area contributed by atoms with Crippen LogP contribution < -0.4 is 14.8 Å². The number of hydrogen-bond donors (Lipinski definition) is 1. The van der Waals surface area contributed by atoms with Gasteiger partial charge in [-0.1, -0.05) is 12.1 Å². The van der Waals surface area contributed by atoms with Crippen LogP contribution >= 0.6 is 11.3 Å². The third-order valence-electron chi connectivity index (χ3n) is 4.77. The van der Waals surface area contributed by atoms with Crippen molar-refractivity contribution in [2.75, 3.05) is 26.1 Å². The number of benzene rings is 2. The second-order valence-electron chi connectivity index (χ2n) is 6.83. The molecule has 1 N–H and O–H groups in total. The lowest BCUT2D eigenvalue weighted by Gasteiger charge is -2.08. The maximum Gasteiger partial charge on any atom is 0.350 e. The molecule has 1 amide bonds. The number of aryl methyl sites for hydroxylation is 1. The lowest BCUT2D eigenvalue weighted by Crippen LogP contribution is -2.16. The number of carbonyl (C=O) groups is 2. The zero-order chi connectivity index (χ0) is 24.1. The number of nitrogens with one attached hydrogen (secondary N) is 1. The number of nitro benzene ring substituents is 1. The Bertz CT molecular complexity index is 1220. The highest BCUT2D eigenvalue weighted by atomic mass is 32.1. The van der Waals surface area contributed by atoms with E-state index in [1.807, 2.05) is 0 Å². The van der Waals surface area contributed by atoms with E-state index in [4.69, 9.17) is 14.2 Å². The fourth-order valence-corrected chi connectivity index (χ4v) is 4.24. The van der Waals surface area contributed by atoms with Gasteiger partial charge in [-0.2, -0.15) is 0 Å². The van der Waals surface area contributed by atoms with Crippen LogP contribution in [0.1, 0.15) is 32.5 Å². The Hall–Kier alpha value is -3.92. The number of rotatable bonds is 8. The van der Waals surface area contributed by atoms with Crippen LogP contribution in [0.4, 0.5) is 11.4 Å². The minimum atomic E-state index is -0.701. The topological polar surface area (TPSA) is 117 Å². The maximum atomic E-state index is 13.0. The first-order valence-corrected chi connectivity index (χ1v) is 10.7. The smallest absolute Gasteiger partial charge is 0.350 e. The predicted molar refractivity (Wildman–Crippen MR) is 125 cm³/mol. The molecule has 0 unspecified atom stereocenters. The molecule has 0 saturated carbocycles. The molecule has 0 atom stereocenters. The van der Waals surface area contributed by atoms with Crippen LogP contribution in [0.5, 0.6) is 11.5 Å². The van der Waals surface area contributed by atoms with E-state index < -0.39 is 16.8 Å². The highest BCUT2D eigenvalue weighted by Crippen LogP contribution is 2.39.